The van der Waals surface area contributed by atoms with Crippen LogP contribution in [0.3, 0.4) is 0 Å². The zero-order valence-electron chi connectivity index (χ0n) is 10.8. The second-order valence-corrected chi connectivity index (χ2v) is 6.70. The molecule has 96 valence electrons. The van der Waals surface area contributed by atoms with Gasteiger partial charge in [0, 0.05) is 40.4 Å². The minimum absolute atomic E-state index is 0.183. The fourth-order valence-electron chi connectivity index (χ4n) is 1.74. The Morgan fingerprint density at radius 3 is 2.35 bits per heavy atom. The fourth-order valence-corrected chi connectivity index (χ4v) is 2.42. The van der Waals surface area contributed by atoms with E-state index in [0.29, 0.717) is 0 Å². The van der Waals surface area contributed by atoms with Crippen LogP contribution in [0.4, 0.5) is 0 Å². The first-order chi connectivity index (χ1) is 7.91. The number of nitrogens with one attached hydrogen (secondary N) is 1. The summed E-state index contributed by atoms with van der Waals surface area (Å²) in [5.74, 6) is 0. The highest BCUT2D eigenvalue weighted by molar-refractivity contribution is 7.84. The summed E-state index contributed by atoms with van der Waals surface area (Å²) in [4.78, 5) is 0. The maximum atomic E-state index is 11.2. The maximum Gasteiger partial charge on any atom is 0.0441 e. The lowest BCUT2D eigenvalue weighted by Gasteiger charge is -2.14. The van der Waals surface area contributed by atoms with Crippen molar-refractivity contribution in [3.63, 3.8) is 0 Å². The van der Waals surface area contributed by atoms with Crippen molar-refractivity contribution in [3.05, 3.63) is 33.8 Å². The summed E-state index contributed by atoms with van der Waals surface area (Å²) >= 11 is 5.99. The van der Waals surface area contributed by atoms with E-state index >= 15 is 0 Å². The summed E-state index contributed by atoms with van der Waals surface area (Å²) in [6.45, 7) is 7.69. The van der Waals surface area contributed by atoms with Gasteiger partial charge in [-0.15, -0.1) is 0 Å². The molecule has 0 aromatic heterocycles. The van der Waals surface area contributed by atoms with Gasteiger partial charge in [-0.25, -0.2) is 0 Å². The first kappa shape index (κ1) is 14.7. The van der Waals surface area contributed by atoms with E-state index in [1.807, 2.05) is 19.1 Å². The molecule has 0 aliphatic heterocycles. The third-order valence-electron chi connectivity index (χ3n) is 2.96. The van der Waals surface area contributed by atoms with E-state index in [1.165, 1.54) is 16.7 Å². The normalized spacial score (nSPS) is 14.6. The first-order valence-corrected chi connectivity index (χ1v) is 7.70. The van der Waals surface area contributed by atoms with Crippen LogP contribution in [0, 0.1) is 13.8 Å². The summed E-state index contributed by atoms with van der Waals surface area (Å²) in [6.07, 6.45) is 1.74. The SMILES string of the molecule is Cc1cc(Cl)cc(C)c1CNCC(C)S(C)=O. The van der Waals surface area contributed by atoms with Crippen molar-refractivity contribution in [2.75, 3.05) is 12.8 Å². The van der Waals surface area contributed by atoms with Crippen LogP contribution in [-0.4, -0.2) is 22.3 Å². The molecule has 0 bridgehead atoms. The third kappa shape index (κ3) is 4.41. The van der Waals surface area contributed by atoms with Crippen molar-refractivity contribution in [2.45, 2.75) is 32.6 Å². The smallest absolute Gasteiger partial charge is 0.0441 e. The van der Waals surface area contributed by atoms with E-state index in [1.54, 1.807) is 6.26 Å². The summed E-state index contributed by atoms with van der Waals surface area (Å²) in [7, 11) is -0.766. The third-order valence-corrected chi connectivity index (χ3v) is 4.48. The molecule has 4 heteroatoms. The molecule has 0 aliphatic rings. The summed E-state index contributed by atoms with van der Waals surface area (Å²) in [6, 6.07) is 3.96. The summed E-state index contributed by atoms with van der Waals surface area (Å²) in [5.41, 5.74) is 3.68. The standard InChI is InChI=1S/C13H20ClNOS/c1-9-5-12(14)6-10(2)13(9)8-15-7-11(3)17(4)16/h5-6,11,15H,7-8H2,1-4H3. The highest BCUT2D eigenvalue weighted by Crippen LogP contribution is 2.19. The van der Waals surface area contributed by atoms with E-state index in [0.717, 1.165) is 18.1 Å². The van der Waals surface area contributed by atoms with Crippen LogP contribution in [0.25, 0.3) is 0 Å². The maximum absolute atomic E-state index is 11.2. The lowest BCUT2D eigenvalue weighted by atomic mass is 10.0. The molecule has 2 nitrogen and oxygen atoms in total. The average molecular weight is 274 g/mol. The lowest BCUT2D eigenvalue weighted by Crippen LogP contribution is -2.27. The summed E-state index contributed by atoms with van der Waals surface area (Å²) < 4.78 is 11.2. The molecule has 0 radical (unpaired) electrons. The van der Waals surface area contributed by atoms with Gasteiger partial charge in [-0.1, -0.05) is 11.6 Å². The molecule has 0 fully saturated rings. The Morgan fingerprint density at radius 1 is 1.35 bits per heavy atom. The van der Waals surface area contributed by atoms with Gasteiger partial charge in [0.2, 0.25) is 0 Å². The minimum atomic E-state index is -0.766. The van der Waals surface area contributed by atoms with Crippen LogP contribution in [-0.2, 0) is 17.3 Å². The number of benzene rings is 1. The van der Waals surface area contributed by atoms with E-state index in [4.69, 9.17) is 11.6 Å². The van der Waals surface area contributed by atoms with Gasteiger partial charge in [0.05, 0.1) is 0 Å². The zero-order chi connectivity index (χ0) is 13.0. The molecule has 0 spiro atoms. The molecule has 1 aromatic carbocycles. The highest BCUT2D eigenvalue weighted by Gasteiger charge is 2.07. The van der Waals surface area contributed by atoms with Crippen molar-refractivity contribution in [2.24, 2.45) is 0 Å². The van der Waals surface area contributed by atoms with Crippen molar-refractivity contribution in [1.82, 2.24) is 5.32 Å². The van der Waals surface area contributed by atoms with Gasteiger partial charge in [-0.3, -0.25) is 4.21 Å². The van der Waals surface area contributed by atoms with Gasteiger partial charge in [-0.2, -0.15) is 0 Å². The Kier molecular flexibility index (Phi) is 5.63. The van der Waals surface area contributed by atoms with Crippen LogP contribution >= 0.6 is 11.6 Å². The molecule has 0 amide bonds. The molecule has 2 unspecified atom stereocenters. The molecule has 2 atom stereocenters. The number of aryl methyl sites for hydroxylation is 2. The molecule has 17 heavy (non-hydrogen) atoms. The van der Waals surface area contributed by atoms with Crippen LogP contribution in [0.2, 0.25) is 5.02 Å². The molecular formula is C13H20ClNOS. The van der Waals surface area contributed by atoms with Crippen molar-refractivity contribution in [1.29, 1.82) is 0 Å². The topological polar surface area (TPSA) is 29.1 Å². The number of halogens is 1. The van der Waals surface area contributed by atoms with E-state index in [2.05, 4.69) is 19.2 Å². The highest BCUT2D eigenvalue weighted by atomic mass is 35.5. The largest absolute Gasteiger partial charge is 0.311 e. The first-order valence-electron chi connectivity index (χ1n) is 5.70. The van der Waals surface area contributed by atoms with Crippen LogP contribution in [0.5, 0.6) is 0 Å². The molecule has 1 rings (SSSR count). The van der Waals surface area contributed by atoms with Gasteiger partial charge in [-0.05, 0) is 49.6 Å². The van der Waals surface area contributed by atoms with Gasteiger partial charge < -0.3 is 5.32 Å². The molecule has 0 heterocycles. The van der Waals surface area contributed by atoms with Gasteiger partial charge >= 0.3 is 0 Å². The zero-order valence-corrected chi connectivity index (χ0v) is 12.4. The predicted octanol–water partition coefficient (Wildman–Crippen LogP) is 2.81. The number of rotatable bonds is 5. The Balaban J connectivity index is 2.61. The second kappa shape index (κ2) is 6.53. The molecular weight excluding hydrogens is 254 g/mol. The number of hydrogen-bond donors (Lipinski definition) is 1. The van der Waals surface area contributed by atoms with Gasteiger partial charge in [0.1, 0.15) is 0 Å². The Hall–Kier alpha value is -0.380. The van der Waals surface area contributed by atoms with Crippen LogP contribution in [0.1, 0.15) is 23.6 Å². The minimum Gasteiger partial charge on any atom is -0.311 e. The quantitative estimate of drug-likeness (QED) is 0.894. The molecule has 0 saturated carbocycles. The molecule has 0 saturated heterocycles. The van der Waals surface area contributed by atoms with Crippen molar-refractivity contribution < 1.29 is 4.21 Å². The number of hydrogen-bond acceptors (Lipinski definition) is 2. The Morgan fingerprint density at radius 2 is 1.88 bits per heavy atom. The van der Waals surface area contributed by atoms with Gasteiger partial charge in [0.15, 0.2) is 0 Å². The van der Waals surface area contributed by atoms with E-state index in [-0.39, 0.29) is 5.25 Å². The molecule has 1 aromatic rings. The van der Waals surface area contributed by atoms with Gasteiger partial charge in [0.25, 0.3) is 0 Å². The second-order valence-electron chi connectivity index (χ2n) is 4.46. The van der Waals surface area contributed by atoms with E-state index < -0.39 is 10.8 Å². The van der Waals surface area contributed by atoms with Crippen molar-refractivity contribution >= 4 is 22.4 Å². The van der Waals surface area contributed by atoms with Crippen molar-refractivity contribution in [3.8, 4) is 0 Å². The Bertz CT molecular complexity index is 397. The lowest BCUT2D eigenvalue weighted by molar-refractivity contribution is 0.645. The predicted molar refractivity (Wildman–Crippen MR) is 76.2 cm³/mol. The van der Waals surface area contributed by atoms with E-state index in [9.17, 15) is 4.21 Å². The summed E-state index contributed by atoms with van der Waals surface area (Å²) in [5, 5.41) is 4.32. The molecule has 1 N–H and O–H groups in total. The molecule has 0 aliphatic carbocycles. The Labute approximate surface area is 111 Å². The van der Waals surface area contributed by atoms with Crippen LogP contribution < -0.4 is 5.32 Å². The monoisotopic (exact) mass is 273 g/mol. The average Bonchev–Trinajstić information content (AvgIpc) is 2.21. The fraction of sp³-hybridized carbons (Fsp3) is 0.538. The van der Waals surface area contributed by atoms with Crippen LogP contribution in [0.15, 0.2) is 12.1 Å².